The molecule has 1 unspecified atom stereocenters. The molecular weight excluding hydrogens is 344 g/mol. The first-order valence-electron chi connectivity index (χ1n) is 9.20. The Morgan fingerprint density at radius 2 is 1.85 bits per heavy atom. The molecular formula is C19H27F2NO4. The lowest BCUT2D eigenvalue weighted by atomic mass is 9.84. The van der Waals surface area contributed by atoms with Crippen LogP contribution >= 0.6 is 0 Å². The monoisotopic (exact) mass is 371 g/mol. The Hall–Kier alpha value is -1.28. The maximum Gasteiger partial charge on any atom is 0.162 e. The van der Waals surface area contributed by atoms with Gasteiger partial charge in [0.15, 0.2) is 11.6 Å². The quantitative estimate of drug-likeness (QED) is 0.830. The van der Waals surface area contributed by atoms with Crippen LogP contribution in [0.3, 0.4) is 0 Å². The fraction of sp³-hybridized carbons (Fsp3) is 0.684. The van der Waals surface area contributed by atoms with E-state index in [4.69, 9.17) is 9.47 Å². The predicted molar refractivity (Wildman–Crippen MR) is 92.1 cm³/mol. The second-order valence-corrected chi connectivity index (χ2v) is 7.64. The van der Waals surface area contributed by atoms with Gasteiger partial charge in [0.05, 0.1) is 18.8 Å². The summed E-state index contributed by atoms with van der Waals surface area (Å²) in [7, 11) is 0. The van der Waals surface area contributed by atoms with E-state index in [1.54, 1.807) is 0 Å². The first-order valence-corrected chi connectivity index (χ1v) is 9.20. The molecule has 1 saturated carbocycles. The van der Waals surface area contributed by atoms with Crippen LogP contribution in [0, 0.1) is 11.6 Å². The van der Waals surface area contributed by atoms with Crippen molar-refractivity contribution in [1.82, 2.24) is 4.90 Å². The lowest BCUT2D eigenvalue weighted by Crippen LogP contribution is -2.53. The van der Waals surface area contributed by atoms with Crippen LogP contribution < -0.4 is 4.74 Å². The van der Waals surface area contributed by atoms with Crippen molar-refractivity contribution < 1.29 is 28.5 Å². The fourth-order valence-electron chi connectivity index (χ4n) is 3.79. The van der Waals surface area contributed by atoms with Gasteiger partial charge < -0.3 is 19.7 Å². The van der Waals surface area contributed by atoms with Crippen LogP contribution in [0.5, 0.6) is 5.75 Å². The summed E-state index contributed by atoms with van der Waals surface area (Å²) in [5.41, 5.74) is -2.00. The van der Waals surface area contributed by atoms with Gasteiger partial charge in [0.2, 0.25) is 0 Å². The summed E-state index contributed by atoms with van der Waals surface area (Å²) in [5, 5.41) is 21.7. The summed E-state index contributed by atoms with van der Waals surface area (Å²) < 4.78 is 37.3. The molecule has 26 heavy (non-hydrogen) atoms. The molecule has 0 radical (unpaired) electrons. The van der Waals surface area contributed by atoms with E-state index in [0.717, 1.165) is 44.2 Å². The van der Waals surface area contributed by atoms with E-state index in [1.807, 2.05) is 4.90 Å². The second-order valence-electron chi connectivity index (χ2n) is 7.64. The second kappa shape index (κ2) is 8.17. The van der Waals surface area contributed by atoms with Crippen molar-refractivity contribution in [3.8, 4) is 5.75 Å². The molecule has 1 heterocycles. The molecule has 0 amide bonds. The van der Waals surface area contributed by atoms with Crippen molar-refractivity contribution in [2.24, 2.45) is 0 Å². The fourth-order valence-corrected chi connectivity index (χ4v) is 3.79. The Labute approximate surface area is 152 Å². The molecule has 1 aliphatic heterocycles. The number of nitrogens with zero attached hydrogens (tertiary/aromatic N) is 1. The molecule has 2 fully saturated rings. The largest absolute Gasteiger partial charge is 0.490 e. The topological polar surface area (TPSA) is 62.2 Å². The Morgan fingerprint density at radius 1 is 1.08 bits per heavy atom. The number of benzene rings is 1. The number of aliphatic hydroxyl groups is 2. The van der Waals surface area contributed by atoms with Crippen LogP contribution in [-0.4, -0.2) is 65.8 Å². The molecule has 0 aromatic heterocycles. The highest BCUT2D eigenvalue weighted by molar-refractivity contribution is 5.23. The van der Waals surface area contributed by atoms with Crippen LogP contribution in [0.2, 0.25) is 0 Å². The molecule has 146 valence electrons. The third-order valence-corrected chi connectivity index (χ3v) is 5.14. The number of halogens is 2. The molecule has 0 spiro atoms. The van der Waals surface area contributed by atoms with Crippen molar-refractivity contribution in [2.75, 3.05) is 39.5 Å². The zero-order valence-electron chi connectivity index (χ0n) is 14.9. The molecule has 2 N–H and O–H groups in total. The van der Waals surface area contributed by atoms with Crippen molar-refractivity contribution >= 4 is 0 Å². The van der Waals surface area contributed by atoms with Gasteiger partial charge in [-0.3, -0.25) is 4.90 Å². The summed E-state index contributed by atoms with van der Waals surface area (Å²) >= 11 is 0. The van der Waals surface area contributed by atoms with E-state index < -0.39 is 22.8 Å². The summed E-state index contributed by atoms with van der Waals surface area (Å²) in [6.07, 6.45) is 4.73. The van der Waals surface area contributed by atoms with Crippen LogP contribution in [0.15, 0.2) is 18.2 Å². The number of hydrogen-bond acceptors (Lipinski definition) is 5. The molecule has 5 nitrogen and oxygen atoms in total. The van der Waals surface area contributed by atoms with Gasteiger partial charge in [-0.05, 0) is 25.0 Å². The van der Waals surface area contributed by atoms with Gasteiger partial charge in [-0.2, -0.15) is 0 Å². The first kappa shape index (κ1) is 19.5. The van der Waals surface area contributed by atoms with E-state index >= 15 is 0 Å². The minimum Gasteiger partial charge on any atom is -0.490 e. The van der Waals surface area contributed by atoms with E-state index in [0.29, 0.717) is 26.2 Å². The highest BCUT2D eigenvalue weighted by Crippen LogP contribution is 2.29. The SMILES string of the molecule is OC1(CN2CCOCC(O)(COc3ccc(F)c(F)c3)C2)CCCCC1. The lowest BCUT2D eigenvalue weighted by molar-refractivity contribution is -0.0759. The van der Waals surface area contributed by atoms with Gasteiger partial charge in [0.25, 0.3) is 0 Å². The van der Waals surface area contributed by atoms with Crippen LogP contribution in [0.1, 0.15) is 32.1 Å². The minimum absolute atomic E-state index is 0.0889. The maximum atomic E-state index is 13.3. The molecule has 1 aromatic carbocycles. The average molecular weight is 371 g/mol. The van der Waals surface area contributed by atoms with Crippen molar-refractivity contribution in [2.45, 2.75) is 43.3 Å². The van der Waals surface area contributed by atoms with Crippen LogP contribution in [0.25, 0.3) is 0 Å². The molecule has 0 bridgehead atoms. The predicted octanol–water partition coefficient (Wildman–Crippen LogP) is 2.10. The third-order valence-electron chi connectivity index (χ3n) is 5.14. The molecule has 2 aliphatic rings. The maximum absolute atomic E-state index is 13.3. The number of rotatable bonds is 5. The van der Waals surface area contributed by atoms with Gasteiger partial charge in [-0.1, -0.05) is 19.3 Å². The normalized spacial score (nSPS) is 27.1. The first-order chi connectivity index (χ1) is 12.4. The molecule has 1 atom stereocenters. The lowest BCUT2D eigenvalue weighted by Gasteiger charge is -2.38. The number of ether oxygens (including phenoxy) is 2. The zero-order chi connectivity index (χ0) is 18.6. The van der Waals surface area contributed by atoms with Gasteiger partial charge in [0, 0.05) is 25.7 Å². The third kappa shape index (κ3) is 5.13. The van der Waals surface area contributed by atoms with Crippen LogP contribution in [0.4, 0.5) is 8.78 Å². The Bertz CT molecular complexity index is 609. The molecule has 3 rings (SSSR count). The summed E-state index contributed by atoms with van der Waals surface area (Å²) in [6.45, 7) is 1.85. The standard InChI is InChI=1S/C19H27F2NO4/c20-16-5-4-15(10-17(16)21)26-14-19(24)12-22(8-9-25-13-19)11-18(23)6-2-1-3-7-18/h4-5,10,23-24H,1-3,6-9,11-14H2. The summed E-state index contributed by atoms with van der Waals surface area (Å²) in [4.78, 5) is 2.01. The van der Waals surface area contributed by atoms with Gasteiger partial charge in [-0.15, -0.1) is 0 Å². The van der Waals surface area contributed by atoms with E-state index in [-0.39, 0.29) is 19.0 Å². The Balaban J connectivity index is 1.60. The highest BCUT2D eigenvalue weighted by Gasteiger charge is 2.38. The number of hydrogen-bond donors (Lipinski definition) is 2. The van der Waals surface area contributed by atoms with Gasteiger partial charge in [0.1, 0.15) is 18.0 Å². The Morgan fingerprint density at radius 3 is 2.58 bits per heavy atom. The van der Waals surface area contributed by atoms with Gasteiger partial charge >= 0.3 is 0 Å². The molecule has 1 aromatic rings. The summed E-state index contributed by atoms with van der Waals surface area (Å²) in [5.74, 6) is -1.78. The van der Waals surface area contributed by atoms with E-state index in [2.05, 4.69) is 0 Å². The average Bonchev–Trinajstić information content (AvgIpc) is 2.78. The summed E-state index contributed by atoms with van der Waals surface area (Å²) in [6, 6.07) is 3.27. The highest BCUT2D eigenvalue weighted by atomic mass is 19.2. The molecule has 1 aliphatic carbocycles. The molecule has 7 heteroatoms. The van der Waals surface area contributed by atoms with E-state index in [9.17, 15) is 19.0 Å². The van der Waals surface area contributed by atoms with Crippen molar-refractivity contribution in [3.05, 3.63) is 29.8 Å². The minimum atomic E-state index is -1.29. The Kier molecular flexibility index (Phi) is 6.12. The van der Waals surface area contributed by atoms with Crippen LogP contribution in [-0.2, 0) is 4.74 Å². The smallest absolute Gasteiger partial charge is 0.162 e. The molecule has 1 saturated heterocycles. The van der Waals surface area contributed by atoms with Crippen molar-refractivity contribution in [3.63, 3.8) is 0 Å². The van der Waals surface area contributed by atoms with Gasteiger partial charge in [-0.25, -0.2) is 8.78 Å². The van der Waals surface area contributed by atoms with E-state index in [1.165, 1.54) is 6.07 Å². The van der Waals surface area contributed by atoms with Crippen molar-refractivity contribution in [1.29, 1.82) is 0 Å². The number of β-amino-alcohol motifs (C(OH)–C–C–N with tert-alkyl or cyclic N) is 2. The zero-order valence-corrected chi connectivity index (χ0v) is 14.9.